The first kappa shape index (κ1) is 13.9. The number of aromatic nitrogens is 2. The molecule has 19 heavy (non-hydrogen) atoms. The zero-order valence-corrected chi connectivity index (χ0v) is 11.5. The van der Waals surface area contributed by atoms with Gasteiger partial charge in [-0.15, -0.1) is 0 Å². The standard InChI is InChI=1S/C11H17N5O2S/c1-7(10(18)16-4-2-13-3-5-16)19-11-14-8(12)6-9(17)15-11/h6-7,13H,2-5H2,1H3,(H3,12,14,15,17). The quantitative estimate of drug-likeness (QED) is 0.499. The molecule has 1 aromatic rings. The van der Waals surface area contributed by atoms with Crippen molar-refractivity contribution in [3.05, 3.63) is 16.4 Å². The normalized spacial score (nSPS) is 17.2. The molecule has 104 valence electrons. The molecule has 8 heteroatoms. The number of hydrogen-bond acceptors (Lipinski definition) is 6. The summed E-state index contributed by atoms with van der Waals surface area (Å²) < 4.78 is 0. The van der Waals surface area contributed by atoms with E-state index in [4.69, 9.17) is 5.73 Å². The highest BCUT2D eigenvalue weighted by molar-refractivity contribution is 8.00. The van der Waals surface area contributed by atoms with Crippen LogP contribution in [0.25, 0.3) is 0 Å². The lowest BCUT2D eigenvalue weighted by atomic mass is 10.3. The molecule has 2 heterocycles. The molecule has 4 N–H and O–H groups in total. The summed E-state index contributed by atoms with van der Waals surface area (Å²) in [7, 11) is 0. The van der Waals surface area contributed by atoms with Gasteiger partial charge in [0.1, 0.15) is 5.82 Å². The molecule has 1 amide bonds. The summed E-state index contributed by atoms with van der Waals surface area (Å²) in [5.74, 6) is 0.213. The minimum Gasteiger partial charge on any atom is -0.383 e. The average Bonchev–Trinajstić information content (AvgIpc) is 2.37. The van der Waals surface area contributed by atoms with E-state index in [1.807, 2.05) is 4.90 Å². The van der Waals surface area contributed by atoms with Crippen LogP contribution in [-0.2, 0) is 4.79 Å². The number of amides is 1. The van der Waals surface area contributed by atoms with Crippen LogP contribution in [0.4, 0.5) is 5.82 Å². The first-order chi connectivity index (χ1) is 9.06. The minimum absolute atomic E-state index is 0.0524. The number of aromatic amines is 1. The Balaban J connectivity index is 2.01. The van der Waals surface area contributed by atoms with E-state index in [0.717, 1.165) is 13.1 Å². The summed E-state index contributed by atoms with van der Waals surface area (Å²) in [5, 5.41) is 3.27. The number of rotatable bonds is 3. The van der Waals surface area contributed by atoms with Crippen molar-refractivity contribution in [2.24, 2.45) is 0 Å². The van der Waals surface area contributed by atoms with Gasteiger partial charge in [0, 0.05) is 32.2 Å². The van der Waals surface area contributed by atoms with Gasteiger partial charge in [0.15, 0.2) is 5.16 Å². The number of anilines is 1. The van der Waals surface area contributed by atoms with Crippen LogP contribution in [0.15, 0.2) is 16.0 Å². The first-order valence-corrected chi connectivity index (χ1v) is 6.97. The predicted molar refractivity (Wildman–Crippen MR) is 74.0 cm³/mol. The predicted octanol–water partition coefficient (Wildman–Crippen LogP) is -0.735. The van der Waals surface area contributed by atoms with Crippen LogP contribution in [0.5, 0.6) is 0 Å². The molecule has 7 nitrogen and oxygen atoms in total. The monoisotopic (exact) mass is 283 g/mol. The van der Waals surface area contributed by atoms with E-state index >= 15 is 0 Å². The van der Waals surface area contributed by atoms with E-state index in [-0.39, 0.29) is 22.5 Å². The van der Waals surface area contributed by atoms with Crippen molar-refractivity contribution in [1.29, 1.82) is 0 Å². The Morgan fingerprint density at radius 2 is 2.21 bits per heavy atom. The lowest BCUT2D eigenvalue weighted by Gasteiger charge is -2.29. The summed E-state index contributed by atoms with van der Waals surface area (Å²) in [6, 6.07) is 1.22. The molecular weight excluding hydrogens is 266 g/mol. The smallest absolute Gasteiger partial charge is 0.253 e. The third kappa shape index (κ3) is 3.71. The molecule has 0 spiro atoms. The number of H-pyrrole nitrogens is 1. The molecule has 0 bridgehead atoms. The molecule has 0 radical (unpaired) electrons. The molecule has 1 saturated heterocycles. The highest BCUT2D eigenvalue weighted by Crippen LogP contribution is 2.20. The van der Waals surface area contributed by atoms with E-state index in [2.05, 4.69) is 15.3 Å². The molecule has 0 saturated carbocycles. The molecule has 1 unspecified atom stereocenters. The second kappa shape index (κ2) is 6.07. The maximum absolute atomic E-state index is 12.2. The zero-order valence-electron chi connectivity index (χ0n) is 10.7. The molecule has 0 aliphatic carbocycles. The van der Waals surface area contributed by atoms with E-state index in [9.17, 15) is 9.59 Å². The van der Waals surface area contributed by atoms with Gasteiger partial charge in [-0.2, -0.15) is 0 Å². The Hall–Kier alpha value is -1.54. The van der Waals surface area contributed by atoms with Gasteiger partial charge >= 0.3 is 0 Å². The number of thioether (sulfide) groups is 1. The number of piperazine rings is 1. The van der Waals surface area contributed by atoms with E-state index in [0.29, 0.717) is 18.2 Å². The second-order valence-corrected chi connectivity index (χ2v) is 5.64. The van der Waals surface area contributed by atoms with Gasteiger partial charge in [-0.3, -0.25) is 9.59 Å². The van der Waals surface area contributed by atoms with Crippen LogP contribution in [0.3, 0.4) is 0 Å². The largest absolute Gasteiger partial charge is 0.383 e. The fraction of sp³-hybridized carbons (Fsp3) is 0.545. The van der Waals surface area contributed by atoms with E-state index in [1.165, 1.54) is 17.8 Å². The Kier molecular flexibility index (Phi) is 4.43. The molecule has 1 aliphatic heterocycles. The van der Waals surface area contributed by atoms with Crippen LogP contribution in [0.1, 0.15) is 6.92 Å². The highest BCUT2D eigenvalue weighted by atomic mass is 32.2. The fourth-order valence-electron chi connectivity index (χ4n) is 1.87. The molecular formula is C11H17N5O2S. The van der Waals surface area contributed by atoms with Crippen molar-refractivity contribution >= 4 is 23.5 Å². The Morgan fingerprint density at radius 1 is 1.53 bits per heavy atom. The van der Waals surface area contributed by atoms with E-state index in [1.54, 1.807) is 6.92 Å². The maximum atomic E-state index is 12.2. The molecule has 1 atom stereocenters. The summed E-state index contributed by atoms with van der Waals surface area (Å²) >= 11 is 1.22. The minimum atomic E-state index is -0.308. The van der Waals surface area contributed by atoms with E-state index < -0.39 is 0 Å². The number of hydrogen-bond donors (Lipinski definition) is 3. The topological polar surface area (TPSA) is 104 Å². The number of nitrogens with one attached hydrogen (secondary N) is 2. The van der Waals surface area contributed by atoms with Crippen LogP contribution >= 0.6 is 11.8 Å². The van der Waals surface area contributed by atoms with Crippen LogP contribution < -0.4 is 16.6 Å². The van der Waals surface area contributed by atoms with Gasteiger partial charge < -0.3 is 20.9 Å². The summed E-state index contributed by atoms with van der Waals surface area (Å²) in [5.41, 5.74) is 5.20. The van der Waals surface area contributed by atoms with Crippen LogP contribution in [0, 0.1) is 0 Å². The average molecular weight is 283 g/mol. The van der Waals surface area contributed by atoms with Crippen molar-refractivity contribution in [2.45, 2.75) is 17.3 Å². The Labute approximate surface area is 115 Å². The molecule has 0 aromatic carbocycles. The number of nitrogen functional groups attached to an aromatic ring is 1. The van der Waals surface area contributed by atoms with Crippen LogP contribution in [-0.4, -0.2) is 52.2 Å². The molecule has 1 aromatic heterocycles. The van der Waals surface area contributed by atoms with Gasteiger partial charge in [0.05, 0.1) is 5.25 Å². The van der Waals surface area contributed by atoms with Crippen molar-refractivity contribution < 1.29 is 4.79 Å². The van der Waals surface area contributed by atoms with Gasteiger partial charge in [-0.1, -0.05) is 11.8 Å². The molecule has 2 rings (SSSR count). The SMILES string of the molecule is CC(Sc1nc(N)cc(=O)[nH]1)C(=O)N1CCNCC1. The number of nitrogens with two attached hydrogens (primary N) is 1. The van der Waals surface area contributed by atoms with Gasteiger partial charge in [-0.05, 0) is 6.92 Å². The van der Waals surface area contributed by atoms with Crippen molar-refractivity contribution in [3.63, 3.8) is 0 Å². The molecule has 1 aliphatic rings. The third-order valence-corrected chi connectivity index (χ3v) is 3.78. The number of nitrogens with zero attached hydrogens (tertiary/aromatic N) is 2. The van der Waals surface area contributed by atoms with Crippen molar-refractivity contribution in [3.8, 4) is 0 Å². The third-order valence-electron chi connectivity index (χ3n) is 2.80. The van der Waals surface area contributed by atoms with Crippen molar-refractivity contribution in [2.75, 3.05) is 31.9 Å². The fourth-order valence-corrected chi connectivity index (χ4v) is 2.77. The molecule has 1 fully saturated rings. The summed E-state index contributed by atoms with van der Waals surface area (Å²) in [4.78, 5) is 31.9. The number of carbonyl (C=O) groups is 1. The zero-order chi connectivity index (χ0) is 13.8. The number of carbonyl (C=O) groups excluding carboxylic acids is 1. The lowest BCUT2D eigenvalue weighted by molar-refractivity contribution is -0.130. The van der Waals surface area contributed by atoms with Crippen molar-refractivity contribution in [1.82, 2.24) is 20.2 Å². The Morgan fingerprint density at radius 3 is 2.84 bits per heavy atom. The lowest BCUT2D eigenvalue weighted by Crippen LogP contribution is -2.48. The second-order valence-electron chi connectivity index (χ2n) is 4.31. The van der Waals surface area contributed by atoms with Gasteiger partial charge in [0.2, 0.25) is 5.91 Å². The van der Waals surface area contributed by atoms with Gasteiger partial charge in [0.25, 0.3) is 5.56 Å². The van der Waals surface area contributed by atoms with Crippen LogP contribution in [0.2, 0.25) is 0 Å². The summed E-state index contributed by atoms with van der Waals surface area (Å²) in [6.07, 6.45) is 0. The summed E-state index contributed by atoms with van der Waals surface area (Å²) in [6.45, 7) is 4.86. The maximum Gasteiger partial charge on any atom is 0.253 e. The first-order valence-electron chi connectivity index (χ1n) is 6.09. The Bertz CT molecular complexity index is 512. The van der Waals surface area contributed by atoms with Gasteiger partial charge in [-0.25, -0.2) is 4.98 Å². The highest BCUT2D eigenvalue weighted by Gasteiger charge is 2.23.